The number of hydrogen-bond acceptors (Lipinski definition) is 7. The van der Waals surface area contributed by atoms with Crippen LogP contribution in [0.4, 0.5) is 9.18 Å². The molecule has 0 aromatic carbocycles. The average molecular weight is 511 g/mol. The lowest BCUT2D eigenvalue weighted by Gasteiger charge is -2.36. The van der Waals surface area contributed by atoms with E-state index in [1.165, 1.54) is 13.2 Å². The van der Waals surface area contributed by atoms with Gasteiger partial charge in [-0.05, 0) is 39.0 Å². The number of amides is 1. The Bertz CT molecular complexity index is 1330. The Labute approximate surface area is 214 Å². The van der Waals surface area contributed by atoms with Crippen molar-refractivity contribution in [3.63, 3.8) is 0 Å². The molecule has 196 valence electrons. The van der Waals surface area contributed by atoms with Crippen LogP contribution in [0.3, 0.4) is 0 Å². The van der Waals surface area contributed by atoms with Gasteiger partial charge >= 0.3 is 6.09 Å². The fourth-order valence-electron chi connectivity index (χ4n) is 5.86. The van der Waals surface area contributed by atoms with Crippen molar-refractivity contribution in [1.82, 2.24) is 29.4 Å². The van der Waals surface area contributed by atoms with Gasteiger partial charge in [-0.15, -0.1) is 0 Å². The minimum absolute atomic E-state index is 0.0467. The highest BCUT2D eigenvalue weighted by molar-refractivity contribution is 5.71. The first kappa shape index (κ1) is 23.9. The second kappa shape index (κ2) is 9.13. The summed E-state index contributed by atoms with van der Waals surface area (Å²) in [6, 6.07) is 1.47. The first-order valence-electron chi connectivity index (χ1n) is 12.7. The van der Waals surface area contributed by atoms with Crippen LogP contribution in [0.15, 0.2) is 24.7 Å². The van der Waals surface area contributed by atoms with Crippen molar-refractivity contribution in [2.24, 2.45) is 5.92 Å². The highest BCUT2D eigenvalue weighted by atomic mass is 19.1. The molecule has 6 heterocycles. The molecule has 0 spiro atoms. The molecule has 2 atom stereocenters. The molecule has 3 aliphatic rings. The number of fused-ring (bicyclic) bond motifs is 2. The van der Waals surface area contributed by atoms with E-state index >= 15 is 0 Å². The van der Waals surface area contributed by atoms with Gasteiger partial charge in [0.1, 0.15) is 5.60 Å². The number of halogens is 1. The van der Waals surface area contributed by atoms with E-state index in [2.05, 4.69) is 10.1 Å². The molecule has 37 heavy (non-hydrogen) atoms. The van der Waals surface area contributed by atoms with Crippen molar-refractivity contribution in [1.29, 1.82) is 0 Å². The zero-order valence-corrected chi connectivity index (χ0v) is 21.3. The largest absolute Gasteiger partial charge is 0.479 e. The van der Waals surface area contributed by atoms with Gasteiger partial charge in [0.05, 0.1) is 55.8 Å². The van der Waals surface area contributed by atoms with E-state index in [9.17, 15) is 9.18 Å². The summed E-state index contributed by atoms with van der Waals surface area (Å²) in [4.78, 5) is 18.1. The van der Waals surface area contributed by atoms with Gasteiger partial charge in [0.25, 0.3) is 0 Å². The Kier molecular flexibility index (Phi) is 5.89. The van der Waals surface area contributed by atoms with E-state index in [-0.39, 0.29) is 18.0 Å². The van der Waals surface area contributed by atoms with E-state index in [1.54, 1.807) is 10.9 Å². The molecular weight excluding hydrogens is 479 g/mol. The molecule has 0 bridgehead atoms. The van der Waals surface area contributed by atoms with Crippen molar-refractivity contribution in [2.75, 3.05) is 26.9 Å². The Morgan fingerprint density at radius 2 is 2.08 bits per heavy atom. The third kappa shape index (κ3) is 4.24. The van der Waals surface area contributed by atoms with Crippen LogP contribution >= 0.6 is 0 Å². The third-order valence-electron chi connectivity index (χ3n) is 7.75. The fourth-order valence-corrected chi connectivity index (χ4v) is 5.86. The SMILES string of the molecule is COc1ncc(-n2nc(-c3cnn(CC4CCN5C(=O)OC(C)(C)C5C4)c3)c3c2CCOCC3)cc1F. The average Bonchev–Trinajstić information content (AvgIpc) is 3.47. The second-order valence-electron chi connectivity index (χ2n) is 10.5. The lowest BCUT2D eigenvalue weighted by molar-refractivity contribution is 0.0529. The molecule has 0 saturated carbocycles. The number of pyridine rings is 1. The van der Waals surface area contributed by atoms with Crippen molar-refractivity contribution < 1.29 is 23.4 Å². The molecule has 2 fully saturated rings. The van der Waals surface area contributed by atoms with Gasteiger partial charge in [-0.3, -0.25) is 4.68 Å². The summed E-state index contributed by atoms with van der Waals surface area (Å²) in [5.41, 5.74) is 3.88. The zero-order valence-electron chi connectivity index (χ0n) is 21.3. The molecule has 2 saturated heterocycles. The zero-order chi connectivity index (χ0) is 25.7. The number of cyclic esters (lactones) is 1. The predicted octanol–water partition coefficient (Wildman–Crippen LogP) is 3.40. The quantitative estimate of drug-likeness (QED) is 0.519. The molecular formula is C26H31FN6O4. The molecule has 3 aliphatic heterocycles. The number of carbonyl (C=O) groups is 1. The third-order valence-corrected chi connectivity index (χ3v) is 7.75. The first-order valence-corrected chi connectivity index (χ1v) is 12.7. The van der Waals surface area contributed by atoms with E-state index in [0.29, 0.717) is 44.2 Å². The maximum Gasteiger partial charge on any atom is 0.410 e. The van der Waals surface area contributed by atoms with Gasteiger partial charge < -0.3 is 19.1 Å². The van der Waals surface area contributed by atoms with Crippen LogP contribution in [-0.4, -0.2) is 74.0 Å². The van der Waals surface area contributed by atoms with Crippen LogP contribution in [-0.2, 0) is 28.9 Å². The Morgan fingerprint density at radius 3 is 2.89 bits per heavy atom. The number of hydrogen-bond donors (Lipinski definition) is 0. The molecule has 0 N–H and O–H groups in total. The van der Waals surface area contributed by atoms with Gasteiger partial charge in [-0.2, -0.15) is 10.2 Å². The van der Waals surface area contributed by atoms with Crippen LogP contribution in [0.2, 0.25) is 0 Å². The number of rotatable bonds is 5. The summed E-state index contributed by atoms with van der Waals surface area (Å²) in [7, 11) is 1.39. The van der Waals surface area contributed by atoms with E-state index < -0.39 is 11.4 Å². The van der Waals surface area contributed by atoms with Gasteiger partial charge in [-0.1, -0.05) is 0 Å². The lowest BCUT2D eigenvalue weighted by Crippen LogP contribution is -2.47. The standard InChI is InChI=1S/C26H31FN6O4/c1-26(2)22-10-16(4-7-32(22)25(34)37-26)14-31-15-17(12-29-31)23-19-5-8-36-9-6-21(19)33(30-23)18-11-20(27)24(35-3)28-13-18/h11-13,15-16,22H,4-10,14H2,1-3H3. The van der Waals surface area contributed by atoms with E-state index in [1.807, 2.05) is 35.8 Å². The Morgan fingerprint density at radius 1 is 1.24 bits per heavy atom. The Balaban J connectivity index is 1.27. The normalized spacial score (nSPS) is 22.8. The summed E-state index contributed by atoms with van der Waals surface area (Å²) >= 11 is 0. The van der Waals surface area contributed by atoms with Crippen LogP contribution in [0.5, 0.6) is 5.88 Å². The number of ether oxygens (including phenoxy) is 3. The van der Waals surface area contributed by atoms with Crippen LogP contribution in [0.25, 0.3) is 16.9 Å². The second-order valence-corrected chi connectivity index (χ2v) is 10.5. The number of carbonyl (C=O) groups excluding carboxylic acids is 1. The minimum atomic E-state index is -0.535. The van der Waals surface area contributed by atoms with Crippen molar-refractivity contribution in [2.45, 2.75) is 57.7 Å². The fraction of sp³-hybridized carbons (Fsp3) is 0.538. The van der Waals surface area contributed by atoms with Crippen LogP contribution in [0, 0.1) is 11.7 Å². The van der Waals surface area contributed by atoms with Crippen molar-refractivity contribution >= 4 is 6.09 Å². The summed E-state index contributed by atoms with van der Waals surface area (Å²) in [6.07, 6.45) is 8.40. The highest BCUT2D eigenvalue weighted by Gasteiger charge is 2.50. The number of methoxy groups -OCH3 is 1. The molecule has 3 aromatic rings. The maximum absolute atomic E-state index is 14.5. The number of aromatic nitrogens is 5. The molecule has 1 amide bonds. The van der Waals surface area contributed by atoms with Gasteiger partial charge in [-0.25, -0.2) is 18.9 Å². The minimum Gasteiger partial charge on any atom is -0.479 e. The molecule has 6 rings (SSSR count). The highest BCUT2D eigenvalue weighted by Crippen LogP contribution is 2.38. The molecule has 0 aliphatic carbocycles. The summed E-state index contributed by atoms with van der Waals surface area (Å²) in [5, 5.41) is 9.55. The van der Waals surface area contributed by atoms with Crippen LogP contribution < -0.4 is 4.74 Å². The number of piperidine rings is 1. The van der Waals surface area contributed by atoms with Crippen molar-refractivity contribution in [3.8, 4) is 22.8 Å². The summed E-state index contributed by atoms with van der Waals surface area (Å²) < 4.78 is 34.5. The van der Waals surface area contributed by atoms with E-state index in [0.717, 1.165) is 41.9 Å². The lowest BCUT2D eigenvalue weighted by atomic mass is 9.84. The van der Waals surface area contributed by atoms with E-state index in [4.69, 9.17) is 19.3 Å². The van der Waals surface area contributed by atoms with Gasteiger partial charge in [0.2, 0.25) is 5.88 Å². The van der Waals surface area contributed by atoms with Crippen molar-refractivity contribution in [3.05, 3.63) is 41.7 Å². The first-order chi connectivity index (χ1) is 17.8. The molecule has 10 nitrogen and oxygen atoms in total. The topological polar surface area (TPSA) is 96.5 Å². The molecule has 11 heteroatoms. The summed E-state index contributed by atoms with van der Waals surface area (Å²) in [5.74, 6) is -0.194. The number of nitrogens with zero attached hydrogens (tertiary/aromatic N) is 6. The molecule has 3 aromatic heterocycles. The molecule has 2 unspecified atom stereocenters. The van der Waals surface area contributed by atoms with Crippen LogP contribution in [0.1, 0.15) is 37.9 Å². The smallest absolute Gasteiger partial charge is 0.410 e. The predicted molar refractivity (Wildman–Crippen MR) is 131 cm³/mol. The molecule has 0 radical (unpaired) electrons. The van der Waals surface area contributed by atoms with Gasteiger partial charge in [0, 0.05) is 42.9 Å². The van der Waals surface area contributed by atoms with Gasteiger partial charge in [0.15, 0.2) is 5.82 Å². The maximum atomic E-state index is 14.5. The Hall–Kier alpha value is -3.47. The monoisotopic (exact) mass is 510 g/mol. The summed E-state index contributed by atoms with van der Waals surface area (Å²) in [6.45, 7) is 6.61.